The molecule has 132 valence electrons. The lowest BCUT2D eigenvalue weighted by molar-refractivity contribution is 0.0697. The molecule has 0 aliphatic carbocycles. The van der Waals surface area contributed by atoms with Crippen LogP contribution in [0.25, 0.3) is 0 Å². The Morgan fingerprint density at radius 2 is 2.04 bits per heavy atom. The molecule has 1 fully saturated rings. The molecule has 2 aromatic rings. The van der Waals surface area contributed by atoms with Crippen LogP contribution in [-0.2, 0) is 0 Å². The second-order valence-electron chi connectivity index (χ2n) is 6.41. The number of likely N-dealkylation sites (tertiary alicyclic amines) is 1. The first-order chi connectivity index (χ1) is 12.1. The average Bonchev–Trinajstić information content (AvgIpc) is 2.62. The van der Waals surface area contributed by atoms with Crippen LogP contribution >= 0.6 is 11.6 Å². The first kappa shape index (κ1) is 17.5. The van der Waals surface area contributed by atoms with Crippen LogP contribution in [0, 0.1) is 5.92 Å². The number of ether oxygens (including phenoxy) is 1. The second-order valence-corrected chi connectivity index (χ2v) is 6.84. The van der Waals surface area contributed by atoms with E-state index < -0.39 is 0 Å². The van der Waals surface area contributed by atoms with E-state index in [0.29, 0.717) is 22.3 Å². The van der Waals surface area contributed by atoms with Crippen molar-refractivity contribution in [1.82, 2.24) is 9.88 Å². The van der Waals surface area contributed by atoms with Gasteiger partial charge in [-0.1, -0.05) is 18.5 Å². The largest absolute Gasteiger partial charge is 0.495 e. The SMILES string of the molecule is COc1ccc(Cl)cc1Nc1cncc(C(=O)N2CCC(C)CC2)c1. The average molecular weight is 360 g/mol. The van der Waals surface area contributed by atoms with E-state index in [4.69, 9.17) is 16.3 Å². The van der Waals surface area contributed by atoms with E-state index in [0.717, 1.165) is 37.3 Å². The molecule has 6 heteroatoms. The Labute approximate surface area is 153 Å². The maximum absolute atomic E-state index is 12.7. The van der Waals surface area contributed by atoms with Gasteiger partial charge in [0.15, 0.2) is 0 Å². The zero-order chi connectivity index (χ0) is 17.8. The number of carbonyl (C=O) groups excluding carboxylic acids is 1. The van der Waals surface area contributed by atoms with Gasteiger partial charge in [-0.15, -0.1) is 0 Å². The summed E-state index contributed by atoms with van der Waals surface area (Å²) in [4.78, 5) is 18.8. The Morgan fingerprint density at radius 1 is 1.28 bits per heavy atom. The van der Waals surface area contributed by atoms with Crippen LogP contribution in [0.15, 0.2) is 36.7 Å². The molecule has 0 atom stereocenters. The zero-order valence-corrected chi connectivity index (χ0v) is 15.2. The number of benzene rings is 1. The molecule has 25 heavy (non-hydrogen) atoms. The number of aromatic nitrogens is 1. The van der Waals surface area contributed by atoms with Crippen LogP contribution in [-0.4, -0.2) is 36.0 Å². The number of carbonyl (C=O) groups is 1. The Hall–Kier alpha value is -2.27. The third kappa shape index (κ3) is 4.23. The summed E-state index contributed by atoms with van der Waals surface area (Å²) in [6, 6.07) is 7.15. The molecule has 2 heterocycles. The highest BCUT2D eigenvalue weighted by Gasteiger charge is 2.21. The fraction of sp³-hybridized carbons (Fsp3) is 0.368. The van der Waals surface area contributed by atoms with E-state index >= 15 is 0 Å². The summed E-state index contributed by atoms with van der Waals surface area (Å²) in [6.07, 6.45) is 5.39. The van der Waals surface area contributed by atoms with Gasteiger partial charge in [0.05, 0.1) is 30.2 Å². The van der Waals surface area contributed by atoms with Crippen LogP contribution in [0.4, 0.5) is 11.4 Å². The lowest BCUT2D eigenvalue weighted by atomic mass is 9.99. The molecular formula is C19H22ClN3O2. The number of halogens is 1. The quantitative estimate of drug-likeness (QED) is 0.881. The van der Waals surface area contributed by atoms with Crippen LogP contribution in [0.5, 0.6) is 5.75 Å². The molecule has 1 saturated heterocycles. The predicted octanol–water partition coefficient (Wildman–Crippen LogP) is 4.36. The molecule has 5 nitrogen and oxygen atoms in total. The highest BCUT2D eigenvalue weighted by molar-refractivity contribution is 6.31. The fourth-order valence-electron chi connectivity index (χ4n) is 2.95. The summed E-state index contributed by atoms with van der Waals surface area (Å²) in [7, 11) is 1.60. The molecule has 1 aromatic heterocycles. The minimum absolute atomic E-state index is 0.0288. The Bertz CT molecular complexity index is 758. The molecule has 1 amide bonds. The maximum Gasteiger partial charge on any atom is 0.255 e. The van der Waals surface area contributed by atoms with Gasteiger partial charge in [-0.25, -0.2) is 0 Å². The molecule has 1 aliphatic heterocycles. The van der Waals surface area contributed by atoms with Gasteiger partial charge < -0.3 is 15.0 Å². The van der Waals surface area contributed by atoms with Crippen molar-refractivity contribution in [3.63, 3.8) is 0 Å². The van der Waals surface area contributed by atoms with Gasteiger partial charge in [0.25, 0.3) is 5.91 Å². The molecule has 0 saturated carbocycles. The molecule has 1 aliphatic rings. The van der Waals surface area contributed by atoms with E-state index in [2.05, 4.69) is 17.2 Å². The lowest BCUT2D eigenvalue weighted by Crippen LogP contribution is -2.37. The number of nitrogens with one attached hydrogen (secondary N) is 1. The standard InChI is InChI=1S/C19H22ClN3O2/c1-13-5-7-23(8-6-13)19(24)14-9-16(12-21-11-14)22-17-10-15(20)3-4-18(17)25-2/h3-4,9-13,22H,5-8H2,1-2H3. The number of rotatable bonds is 4. The minimum Gasteiger partial charge on any atom is -0.495 e. The molecular weight excluding hydrogens is 338 g/mol. The summed E-state index contributed by atoms with van der Waals surface area (Å²) in [5.74, 6) is 1.39. The summed E-state index contributed by atoms with van der Waals surface area (Å²) in [5.41, 5.74) is 2.03. The van der Waals surface area contributed by atoms with Gasteiger partial charge in [-0.2, -0.15) is 0 Å². The Kier molecular flexibility index (Phi) is 5.43. The third-order valence-corrected chi connectivity index (χ3v) is 4.73. The van der Waals surface area contributed by atoms with Crippen molar-refractivity contribution in [2.45, 2.75) is 19.8 Å². The van der Waals surface area contributed by atoms with Crippen LogP contribution in [0.2, 0.25) is 5.02 Å². The van der Waals surface area contributed by atoms with Crippen molar-refractivity contribution >= 4 is 28.9 Å². The van der Waals surface area contributed by atoms with Gasteiger partial charge in [0.1, 0.15) is 5.75 Å². The van der Waals surface area contributed by atoms with E-state index in [1.54, 1.807) is 37.7 Å². The highest BCUT2D eigenvalue weighted by atomic mass is 35.5. The fourth-order valence-corrected chi connectivity index (χ4v) is 3.12. The van der Waals surface area contributed by atoms with Crippen molar-refractivity contribution in [2.75, 3.05) is 25.5 Å². The van der Waals surface area contributed by atoms with Crippen LogP contribution in [0.3, 0.4) is 0 Å². The van der Waals surface area contributed by atoms with Crippen molar-refractivity contribution in [2.24, 2.45) is 5.92 Å². The van der Waals surface area contributed by atoms with Crippen LogP contribution in [0.1, 0.15) is 30.1 Å². The van der Waals surface area contributed by atoms with Gasteiger partial charge in [0.2, 0.25) is 0 Å². The zero-order valence-electron chi connectivity index (χ0n) is 14.5. The van der Waals surface area contributed by atoms with E-state index in [-0.39, 0.29) is 5.91 Å². The van der Waals surface area contributed by atoms with Gasteiger partial charge in [0, 0.05) is 24.3 Å². The summed E-state index contributed by atoms with van der Waals surface area (Å²) in [5, 5.41) is 3.83. The molecule has 0 radical (unpaired) electrons. The van der Waals surface area contributed by atoms with Crippen molar-refractivity contribution < 1.29 is 9.53 Å². The topological polar surface area (TPSA) is 54.5 Å². The number of anilines is 2. The Morgan fingerprint density at radius 3 is 2.76 bits per heavy atom. The third-order valence-electron chi connectivity index (χ3n) is 4.50. The van der Waals surface area contributed by atoms with Crippen molar-refractivity contribution in [1.29, 1.82) is 0 Å². The van der Waals surface area contributed by atoms with Crippen LogP contribution < -0.4 is 10.1 Å². The number of methoxy groups -OCH3 is 1. The van der Waals surface area contributed by atoms with Crippen molar-refractivity contribution in [3.8, 4) is 5.75 Å². The number of hydrogen-bond donors (Lipinski definition) is 1. The van der Waals surface area contributed by atoms with Gasteiger partial charge in [-0.05, 0) is 43.0 Å². The van der Waals surface area contributed by atoms with E-state index in [1.807, 2.05) is 11.0 Å². The summed E-state index contributed by atoms with van der Waals surface area (Å²) >= 11 is 6.06. The Balaban J connectivity index is 1.78. The molecule has 1 aromatic carbocycles. The molecule has 0 unspecified atom stereocenters. The maximum atomic E-state index is 12.7. The first-order valence-electron chi connectivity index (χ1n) is 8.41. The monoisotopic (exact) mass is 359 g/mol. The minimum atomic E-state index is 0.0288. The van der Waals surface area contributed by atoms with Crippen molar-refractivity contribution in [3.05, 3.63) is 47.2 Å². The van der Waals surface area contributed by atoms with Gasteiger partial charge in [-0.3, -0.25) is 9.78 Å². The molecule has 3 rings (SSSR count). The number of pyridine rings is 1. The first-order valence-corrected chi connectivity index (χ1v) is 8.79. The smallest absolute Gasteiger partial charge is 0.255 e. The predicted molar refractivity (Wildman–Crippen MR) is 99.8 cm³/mol. The molecule has 0 bridgehead atoms. The number of piperidine rings is 1. The molecule has 1 N–H and O–H groups in total. The highest BCUT2D eigenvalue weighted by Crippen LogP contribution is 2.30. The van der Waals surface area contributed by atoms with Gasteiger partial charge >= 0.3 is 0 Å². The lowest BCUT2D eigenvalue weighted by Gasteiger charge is -2.30. The normalized spacial score (nSPS) is 15.1. The number of nitrogens with zero attached hydrogens (tertiary/aromatic N) is 2. The van der Waals surface area contributed by atoms with E-state index in [1.165, 1.54) is 0 Å². The molecule has 0 spiro atoms. The summed E-state index contributed by atoms with van der Waals surface area (Å²) in [6.45, 7) is 3.84. The second kappa shape index (κ2) is 7.74. The number of hydrogen-bond acceptors (Lipinski definition) is 4. The summed E-state index contributed by atoms with van der Waals surface area (Å²) < 4.78 is 5.34. The van der Waals surface area contributed by atoms with E-state index in [9.17, 15) is 4.79 Å². The number of amides is 1.